The lowest BCUT2D eigenvalue weighted by Crippen LogP contribution is -2.48. The Morgan fingerprint density at radius 1 is 1.27 bits per heavy atom. The first-order chi connectivity index (χ1) is 10.6. The second-order valence-corrected chi connectivity index (χ2v) is 6.56. The molecule has 2 aliphatic heterocycles. The van der Waals surface area contributed by atoms with Crippen molar-refractivity contribution < 1.29 is 9.59 Å². The number of likely N-dealkylation sites (tertiary alicyclic amines) is 1. The van der Waals surface area contributed by atoms with Crippen LogP contribution in [0.15, 0.2) is 30.3 Å². The Labute approximate surface area is 131 Å². The monoisotopic (exact) mass is 301 g/mol. The zero-order chi connectivity index (χ0) is 15.6. The number of rotatable bonds is 2. The molecule has 1 aromatic rings. The second kappa shape index (κ2) is 5.99. The Bertz CT molecular complexity index is 550. The van der Waals surface area contributed by atoms with E-state index in [1.54, 1.807) is 4.90 Å². The van der Waals surface area contributed by atoms with Crippen molar-refractivity contribution in [1.82, 2.24) is 15.1 Å². The van der Waals surface area contributed by atoms with Gasteiger partial charge in [-0.05, 0) is 23.8 Å². The minimum atomic E-state index is 0.0796. The van der Waals surface area contributed by atoms with Gasteiger partial charge in [-0.3, -0.25) is 4.79 Å². The first-order valence-electron chi connectivity index (χ1n) is 7.89. The summed E-state index contributed by atoms with van der Waals surface area (Å²) in [7, 11) is 1.85. The lowest BCUT2D eigenvalue weighted by atomic mass is 9.78. The number of piperidine rings is 1. The molecule has 3 amide bonds. The number of nitrogens with one attached hydrogen (secondary N) is 1. The van der Waals surface area contributed by atoms with E-state index in [4.69, 9.17) is 0 Å². The van der Waals surface area contributed by atoms with E-state index in [9.17, 15) is 9.59 Å². The highest BCUT2D eigenvalue weighted by Crippen LogP contribution is 2.37. The van der Waals surface area contributed by atoms with E-state index >= 15 is 0 Å². The van der Waals surface area contributed by atoms with E-state index in [-0.39, 0.29) is 17.4 Å². The molecular formula is C17H23N3O2. The predicted octanol–water partition coefficient (Wildman–Crippen LogP) is 1.84. The molecule has 0 unspecified atom stereocenters. The highest BCUT2D eigenvalue weighted by atomic mass is 16.2. The van der Waals surface area contributed by atoms with Crippen LogP contribution >= 0.6 is 0 Å². The van der Waals surface area contributed by atoms with Gasteiger partial charge < -0.3 is 15.1 Å². The van der Waals surface area contributed by atoms with Crippen molar-refractivity contribution in [3.63, 3.8) is 0 Å². The molecule has 0 aromatic heterocycles. The molecule has 1 N–H and O–H groups in total. The van der Waals surface area contributed by atoms with E-state index in [1.807, 2.05) is 42.3 Å². The SMILES string of the molecule is CN(Cc1ccccc1)C(=O)N1CCC2(CC1)CNC(=O)C2. The van der Waals surface area contributed by atoms with Gasteiger partial charge >= 0.3 is 6.03 Å². The highest BCUT2D eigenvalue weighted by molar-refractivity contribution is 5.79. The number of hydrogen-bond donors (Lipinski definition) is 1. The Kier molecular flexibility index (Phi) is 4.05. The minimum absolute atomic E-state index is 0.0796. The lowest BCUT2D eigenvalue weighted by molar-refractivity contribution is -0.119. The van der Waals surface area contributed by atoms with E-state index in [0.29, 0.717) is 13.0 Å². The van der Waals surface area contributed by atoms with Gasteiger partial charge in [-0.25, -0.2) is 4.79 Å². The zero-order valence-corrected chi connectivity index (χ0v) is 13.0. The molecule has 0 bridgehead atoms. The fourth-order valence-corrected chi connectivity index (χ4v) is 3.44. The van der Waals surface area contributed by atoms with Gasteiger partial charge in [-0.2, -0.15) is 0 Å². The summed E-state index contributed by atoms with van der Waals surface area (Å²) < 4.78 is 0. The standard InChI is InChI=1S/C17H23N3O2/c1-19(12-14-5-3-2-4-6-14)16(22)20-9-7-17(8-10-20)11-15(21)18-13-17/h2-6H,7-13H2,1H3,(H,18,21). The largest absolute Gasteiger partial charge is 0.356 e. The summed E-state index contributed by atoms with van der Waals surface area (Å²) in [6, 6.07) is 10.1. The van der Waals surface area contributed by atoms with Crippen molar-refractivity contribution in [1.29, 1.82) is 0 Å². The van der Waals surface area contributed by atoms with Gasteiger partial charge in [0.1, 0.15) is 0 Å². The van der Waals surface area contributed by atoms with Crippen molar-refractivity contribution in [2.24, 2.45) is 5.41 Å². The van der Waals surface area contributed by atoms with Crippen LogP contribution in [0.3, 0.4) is 0 Å². The Hall–Kier alpha value is -2.04. The maximum Gasteiger partial charge on any atom is 0.320 e. The third-order valence-corrected chi connectivity index (χ3v) is 4.88. The van der Waals surface area contributed by atoms with Crippen molar-refractivity contribution in [3.8, 4) is 0 Å². The van der Waals surface area contributed by atoms with Crippen molar-refractivity contribution in [2.45, 2.75) is 25.8 Å². The van der Waals surface area contributed by atoms with Gasteiger partial charge in [0, 0.05) is 39.6 Å². The number of urea groups is 1. The van der Waals surface area contributed by atoms with Gasteiger partial charge in [0.05, 0.1) is 0 Å². The van der Waals surface area contributed by atoms with E-state index in [1.165, 1.54) is 0 Å². The molecule has 0 saturated carbocycles. The molecule has 2 aliphatic rings. The Morgan fingerprint density at radius 3 is 2.55 bits per heavy atom. The van der Waals surface area contributed by atoms with Crippen LogP contribution in [0.1, 0.15) is 24.8 Å². The van der Waals surface area contributed by atoms with E-state index < -0.39 is 0 Å². The molecular weight excluding hydrogens is 278 g/mol. The molecule has 1 aromatic carbocycles. The summed E-state index contributed by atoms with van der Waals surface area (Å²) in [6.45, 7) is 2.88. The quantitative estimate of drug-likeness (QED) is 0.906. The fraction of sp³-hybridized carbons (Fsp3) is 0.529. The minimum Gasteiger partial charge on any atom is -0.356 e. The fourth-order valence-electron chi connectivity index (χ4n) is 3.44. The molecule has 0 aliphatic carbocycles. The summed E-state index contributed by atoms with van der Waals surface area (Å²) in [6.07, 6.45) is 2.45. The molecule has 22 heavy (non-hydrogen) atoms. The average Bonchev–Trinajstić information content (AvgIpc) is 2.89. The number of benzene rings is 1. The van der Waals surface area contributed by atoms with E-state index in [0.717, 1.165) is 38.0 Å². The van der Waals surface area contributed by atoms with Crippen LogP contribution in [0.2, 0.25) is 0 Å². The summed E-state index contributed by atoms with van der Waals surface area (Å²) >= 11 is 0. The molecule has 5 heteroatoms. The smallest absolute Gasteiger partial charge is 0.320 e. The molecule has 0 atom stereocenters. The van der Waals surface area contributed by atoms with Gasteiger partial charge in [-0.1, -0.05) is 30.3 Å². The second-order valence-electron chi connectivity index (χ2n) is 6.56. The number of amides is 3. The summed E-state index contributed by atoms with van der Waals surface area (Å²) in [5, 5.41) is 2.93. The van der Waals surface area contributed by atoms with Crippen LogP contribution in [-0.4, -0.2) is 48.4 Å². The van der Waals surface area contributed by atoms with Crippen LogP contribution in [0, 0.1) is 5.41 Å². The molecule has 118 valence electrons. The normalized spacial score (nSPS) is 20.0. The topological polar surface area (TPSA) is 52.7 Å². The molecule has 5 nitrogen and oxygen atoms in total. The Morgan fingerprint density at radius 2 is 1.95 bits per heavy atom. The van der Waals surface area contributed by atoms with Gasteiger partial charge in [0.15, 0.2) is 0 Å². The molecule has 2 fully saturated rings. The summed E-state index contributed by atoms with van der Waals surface area (Å²) in [5.74, 6) is 0.154. The van der Waals surface area contributed by atoms with Gasteiger partial charge in [0.25, 0.3) is 0 Å². The van der Waals surface area contributed by atoms with Crippen molar-refractivity contribution >= 4 is 11.9 Å². The number of carbonyl (C=O) groups is 2. The average molecular weight is 301 g/mol. The lowest BCUT2D eigenvalue weighted by Gasteiger charge is -2.39. The zero-order valence-electron chi connectivity index (χ0n) is 13.0. The van der Waals surface area contributed by atoms with Crippen LogP contribution in [0.5, 0.6) is 0 Å². The van der Waals surface area contributed by atoms with Gasteiger partial charge in [0.2, 0.25) is 5.91 Å². The maximum atomic E-state index is 12.5. The highest BCUT2D eigenvalue weighted by Gasteiger charge is 2.41. The number of nitrogens with zero attached hydrogens (tertiary/aromatic N) is 2. The Balaban J connectivity index is 1.54. The van der Waals surface area contributed by atoms with E-state index in [2.05, 4.69) is 5.32 Å². The molecule has 2 heterocycles. The number of carbonyl (C=O) groups excluding carboxylic acids is 2. The van der Waals surface area contributed by atoms with Crippen LogP contribution in [-0.2, 0) is 11.3 Å². The predicted molar refractivity (Wildman–Crippen MR) is 84.2 cm³/mol. The summed E-state index contributed by atoms with van der Waals surface area (Å²) in [5.41, 5.74) is 1.23. The number of hydrogen-bond acceptors (Lipinski definition) is 2. The molecule has 1 spiro atoms. The van der Waals surface area contributed by atoms with Crippen LogP contribution in [0.25, 0.3) is 0 Å². The van der Waals surface area contributed by atoms with Crippen molar-refractivity contribution in [2.75, 3.05) is 26.7 Å². The first-order valence-corrected chi connectivity index (χ1v) is 7.89. The third-order valence-electron chi connectivity index (χ3n) is 4.88. The van der Waals surface area contributed by atoms with Crippen molar-refractivity contribution in [3.05, 3.63) is 35.9 Å². The third kappa shape index (κ3) is 3.08. The van der Waals surface area contributed by atoms with Crippen LogP contribution < -0.4 is 5.32 Å². The summed E-state index contributed by atoms with van der Waals surface area (Å²) in [4.78, 5) is 27.7. The maximum absolute atomic E-state index is 12.5. The molecule has 2 saturated heterocycles. The first kappa shape index (κ1) is 14.9. The molecule has 0 radical (unpaired) electrons. The molecule has 3 rings (SSSR count). The van der Waals surface area contributed by atoms with Crippen LogP contribution in [0.4, 0.5) is 4.79 Å². The van der Waals surface area contributed by atoms with Gasteiger partial charge in [-0.15, -0.1) is 0 Å².